The highest BCUT2D eigenvalue weighted by Gasteiger charge is 2.95. The number of anilines is 6. The number of nitrogens with zero attached hydrogens (tertiary/aromatic N) is 8. The van der Waals surface area contributed by atoms with E-state index in [4.69, 9.17) is 0 Å². The lowest BCUT2D eigenvalue weighted by Gasteiger charge is -2.39. The van der Waals surface area contributed by atoms with Crippen molar-refractivity contribution in [2.75, 3.05) is 9.80 Å². The maximum Gasteiger partial charge on any atom is 0.473 e. The van der Waals surface area contributed by atoms with E-state index in [0.717, 1.165) is 18.2 Å². The SMILES string of the molecule is FC(F)(F)C(F)(F)C(F)(F)C(F)(F)C(F)(F)c1ccc(-c2nc(-c3ccc(C(F)(F)C(F)(F)C(F)(F)C(F)(F)C(F)(F)F)cc3)nc(N3c4ccccc4N(c4nc(OC(F)(F)C(F)(F)C(F)(F)C(F)(F)C(F)(F)C(F)(F)F)nc(OC(F)(F)C(F)(F)C(F)(F)C(F)(F)C(F)(F)C(F)(F)F)n4)c4cccc5cccc3c45)n2)cc1. The molecule has 7 aromatic rings. The van der Waals surface area contributed by atoms with E-state index < -0.39 is 247 Å². The maximum absolute atomic E-state index is 15.6. The topological polar surface area (TPSA) is 102 Å². The standard InChI is InChI=1S/C56H18F48N8O2/c57-35(58,37(61,62)39(65,66)45(77,78)51(89,90)91)22-15-11-20(12-16-22)29-105-30(21-13-17-23(18-14-21)36(59,60)38(63,64)40(67,68)46(79,80)52(92,93)94)107-31(106-29)111-24-7-1-2-8-25(24)112(27-10-4-6-19-5-3-9-26(111)28(19)27)32-108-33(113-55(101,102)49(85,86)43(73,74)41(69,70)47(81,82)53(95,96)97)110-34(109-32)114-56(103,104)50(87,88)44(75,76)42(71,72)48(83,84)54(98,99)100/h1-18H. The van der Waals surface area contributed by atoms with Gasteiger partial charge in [0.2, 0.25) is 11.9 Å². The summed E-state index contributed by atoms with van der Waals surface area (Å²) in [6, 6.07) is -4.10. The molecule has 0 N–H and O–H groups in total. The molecular weight excluding hydrogens is 1730 g/mol. The van der Waals surface area contributed by atoms with Crippen molar-refractivity contribution in [2.24, 2.45) is 0 Å². The highest BCUT2D eigenvalue weighted by Crippen LogP contribution is 2.66. The quantitative estimate of drug-likeness (QED) is 0.0544. The number of ether oxygens (including phenoxy) is 2. The maximum atomic E-state index is 15.6. The Bertz CT molecular complexity index is 4540. The fourth-order valence-electron chi connectivity index (χ4n) is 9.48. The van der Waals surface area contributed by atoms with Crippen LogP contribution in [0.1, 0.15) is 11.1 Å². The first kappa shape index (κ1) is 89.8. The smallest absolute Gasteiger partial charge is 0.393 e. The molecular formula is C56H18F48N8O2. The Morgan fingerprint density at radius 2 is 0.465 bits per heavy atom. The molecule has 2 aromatic heterocycles. The minimum atomic E-state index is -9.01. The zero-order chi connectivity index (χ0) is 87.8. The Labute approximate surface area is 591 Å². The van der Waals surface area contributed by atoms with Crippen LogP contribution in [0.3, 0.4) is 0 Å². The first-order chi connectivity index (χ1) is 50.7. The van der Waals surface area contributed by atoms with Crippen LogP contribution < -0.4 is 19.3 Å². The molecule has 0 spiro atoms. The van der Waals surface area contributed by atoms with Gasteiger partial charge < -0.3 is 9.47 Å². The summed E-state index contributed by atoms with van der Waals surface area (Å²) in [7, 11) is 0. The third kappa shape index (κ3) is 12.9. The van der Waals surface area contributed by atoms with Crippen molar-refractivity contribution in [3.05, 3.63) is 120 Å². The van der Waals surface area contributed by atoms with Crippen molar-refractivity contribution in [3.63, 3.8) is 0 Å². The molecule has 1 aliphatic rings. The van der Waals surface area contributed by atoms with Gasteiger partial charge in [0, 0.05) is 27.6 Å². The minimum absolute atomic E-state index is 0.146. The average molecular weight is 1750 g/mol. The van der Waals surface area contributed by atoms with Crippen molar-refractivity contribution >= 4 is 45.4 Å². The molecule has 0 fully saturated rings. The number of aromatic nitrogens is 6. The lowest BCUT2D eigenvalue weighted by molar-refractivity contribution is -0.457. The Morgan fingerprint density at radius 3 is 0.737 bits per heavy atom. The fourth-order valence-corrected chi connectivity index (χ4v) is 9.48. The molecule has 0 bridgehead atoms. The van der Waals surface area contributed by atoms with Gasteiger partial charge in [0.05, 0.1) is 22.7 Å². The molecule has 114 heavy (non-hydrogen) atoms. The molecule has 58 heteroatoms. The predicted molar refractivity (Wildman–Crippen MR) is 277 cm³/mol. The van der Waals surface area contributed by atoms with E-state index in [2.05, 4.69) is 34.4 Å². The fraction of sp³-hybridized carbons (Fsp3) is 0.393. The summed E-state index contributed by atoms with van der Waals surface area (Å²) in [6.07, 6.45) is -48.4. The summed E-state index contributed by atoms with van der Waals surface area (Å²) in [4.78, 5) is 18.5. The number of benzene rings is 5. The van der Waals surface area contributed by atoms with Gasteiger partial charge in [0.1, 0.15) is 0 Å². The van der Waals surface area contributed by atoms with Crippen LogP contribution in [0, 0.1) is 0 Å². The summed E-state index contributed by atoms with van der Waals surface area (Å²) < 4.78 is 691. The van der Waals surface area contributed by atoms with Gasteiger partial charge in [0.25, 0.3) is 0 Å². The first-order valence-corrected chi connectivity index (χ1v) is 28.1. The summed E-state index contributed by atoms with van der Waals surface area (Å²) in [5.74, 6) is -140. The molecule has 0 aliphatic carbocycles. The van der Waals surface area contributed by atoms with Crippen molar-refractivity contribution in [1.82, 2.24) is 29.9 Å². The van der Waals surface area contributed by atoms with Crippen LogP contribution in [-0.4, -0.2) is 150 Å². The molecule has 0 radical (unpaired) electrons. The number of alkyl halides is 48. The second-order valence-corrected chi connectivity index (χ2v) is 22.9. The van der Waals surface area contributed by atoms with Crippen LogP contribution in [0.25, 0.3) is 33.5 Å². The van der Waals surface area contributed by atoms with Gasteiger partial charge in [-0.25, -0.2) is 4.98 Å². The van der Waals surface area contributed by atoms with Crippen LogP contribution in [0.4, 0.5) is 245 Å². The van der Waals surface area contributed by atoms with E-state index in [1.165, 1.54) is 0 Å². The largest absolute Gasteiger partial charge is 0.473 e. The molecule has 5 aromatic carbocycles. The van der Waals surface area contributed by atoms with E-state index in [-0.39, 0.29) is 34.1 Å². The lowest BCUT2D eigenvalue weighted by atomic mass is 9.92. The van der Waals surface area contributed by atoms with Gasteiger partial charge in [-0.3, -0.25) is 9.80 Å². The molecule has 8 rings (SSSR count). The van der Waals surface area contributed by atoms with Crippen molar-refractivity contribution < 1.29 is 220 Å². The Hall–Kier alpha value is -9.78. The number of hydrogen-bond donors (Lipinski definition) is 0. The van der Waals surface area contributed by atoms with E-state index in [9.17, 15) is 158 Å². The average Bonchev–Trinajstić information content (AvgIpc) is 1.84. The van der Waals surface area contributed by atoms with Gasteiger partial charge in [-0.15, -0.1) is 4.98 Å². The van der Waals surface area contributed by atoms with Crippen LogP contribution >= 0.6 is 0 Å². The van der Waals surface area contributed by atoms with E-state index >= 15 is 52.7 Å². The number of rotatable bonds is 24. The van der Waals surface area contributed by atoms with Gasteiger partial charge in [-0.05, 0) is 29.7 Å². The van der Waals surface area contributed by atoms with Crippen LogP contribution in [0.5, 0.6) is 12.0 Å². The molecule has 10 nitrogen and oxygen atoms in total. The number of hydrogen-bond acceptors (Lipinski definition) is 10. The van der Waals surface area contributed by atoms with Gasteiger partial charge in [0.15, 0.2) is 11.6 Å². The predicted octanol–water partition coefficient (Wildman–Crippen LogP) is 23.1. The number of para-hydroxylation sites is 2. The zero-order valence-electron chi connectivity index (χ0n) is 51.9. The summed E-state index contributed by atoms with van der Waals surface area (Å²) in [6.45, 7) is 0. The number of fused-ring (bicyclic) bond motifs is 1. The second kappa shape index (κ2) is 26.4. The normalized spacial score (nSPS) is 15.5. The molecule has 0 atom stereocenters. The van der Waals surface area contributed by atoms with Crippen LogP contribution in [0.2, 0.25) is 0 Å². The van der Waals surface area contributed by atoms with Gasteiger partial charge >= 0.3 is 144 Å². The Kier molecular flexibility index (Phi) is 20.8. The third-order valence-corrected chi connectivity index (χ3v) is 15.6. The van der Waals surface area contributed by atoms with Crippen molar-refractivity contribution in [1.29, 1.82) is 0 Å². The van der Waals surface area contributed by atoms with Gasteiger partial charge in [-0.1, -0.05) is 84.9 Å². The summed E-state index contributed by atoms with van der Waals surface area (Å²) in [5.41, 5.74) is -12.7. The van der Waals surface area contributed by atoms with Crippen molar-refractivity contribution in [3.8, 4) is 34.8 Å². The molecule has 0 saturated heterocycles. The van der Waals surface area contributed by atoms with Crippen LogP contribution in [-0.2, 0) is 11.8 Å². The molecule has 1 aliphatic heterocycles. The first-order valence-electron chi connectivity index (χ1n) is 28.1. The highest BCUT2D eigenvalue weighted by atomic mass is 19.5. The Morgan fingerprint density at radius 1 is 0.219 bits per heavy atom. The zero-order valence-corrected chi connectivity index (χ0v) is 51.9. The minimum Gasteiger partial charge on any atom is -0.393 e. The second-order valence-electron chi connectivity index (χ2n) is 22.9. The summed E-state index contributed by atoms with van der Waals surface area (Å²) in [5, 5.41) is -1.57. The summed E-state index contributed by atoms with van der Waals surface area (Å²) >= 11 is 0. The number of halogens is 48. The highest BCUT2D eigenvalue weighted by molar-refractivity contribution is 6.12. The monoisotopic (exact) mass is 1750 g/mol. The molecule has 3 heterocycles. The third-order valence-electron chi connectivity index (χ3n) is 15.6. The van der Waals surface area contributed by atoms with Gasteiger partial charge in [-0.2, -0.15) is 231 Å². The van der Waals surface area contributed by atoms with E-state index in [1.54, 1.807) is 0 Å². The Balaban J connectivity index is 1.43. The molecule has 0 amide bonds. The lowest BCUT2D eigenvalue weighted by Crippen LogP contribution is -2.71. The van der Waals surface area contributed by atoms with E-state index in [1.807, 2.05) is 4.98 Å². The van der Waals surface area contributed by atoms with Crippen LogP contribution in [0.15, 0.2) is 109 Å². The molecule has 0 saturated carbocycles. The van der Waals surface area contributed by atoms with Crippen molar-refractivity contribution in [2.45, 2.75) is 132 Å². The van der Waals surface area contributed by atoms with E-state index in [0.29, 0.717) is 42.5 Å². The molecule has 630 valence electrons. The molecule has 0 unspecified atom stereocenters.